The van der Waals surface area contributed by atoms with Crippen molar-refractivity contribution in [3.05, 3.63) is 30.3 Å². The zero-order chi connectivity index (χ0) is 44.8. The van der Waals surface area contributed by atoms with Gasteiger partial charge in [-0.05, 0) is 31.9 Å². The number of nitrogens with two attached hydrogens (primary N) is 1. The number of rotatable bonds is 23. The summed E-state index contributed by atoms with van der Waals surface area (Å²) in [6.07, 6.45) is -2.51. The van der Waals surface area contributed by atoms with Crippen LogP contribution in [0.25, 0.3) is 10.9 Å². The van der Waals surface area contributed by atoms with Crippen LogP contribution in [0.15, 0.2) is 35.4 Å². The second kappa shape index (κ2) is 22.8. The number of aromatic amines is 1. The fourth-order valence-electron chi connectivity index (χ4n) is 6.33. The van der Waals surface area contributed by atoms with Gasteiger partial charge in [-0.2, -0.15) is 0 Å². The number of benzene rings is 1. The number of para-hydroxylation sites is 1. The van der Waals surface area contributed by atoms with Crippen molar-refractivity contribution in [1.82, 2.24) is 36.5 Å². The summed E-state index contributed by atoms with van der Waals surface area (Å²) in [6.45, 7) is 4.88. The molecule has 21 heteroatoms. The SMILES string of the molecule is CC[C@H](C)[C@H](NC(=O)CNC(=O)CNC(=O)[C@@H](NC(=O)[C@@H]1CN(C(=O)[C@H](NC(=O)[C@H](C)Sc2cc3ccccc3[nH]2)C(N)=O)C[C@@H]1O)[C@@H](C)[C@@H](O)CO)C(=O)CCC(C)=O. The third kappa shape index (κ3) is 13.8. The number of aromatic nitrogens is 1. The Hall–Kier alpha value is -5.38. The minimum Gasteiger partial charge on any atom is -0.394 e. The van der Waals surface area contributed by atoms with E-state index in [0.717, 1.165) is 27.6 Å². The highest BCUT2D eigenvalue weighted by atomic mass is 32.2. The van der Waals surface area contributed by atoms with Gasteiger partial charge in [-0.15, -0.1) is 0 Å². The van der Waals surface area contributed by atoms with Crippen molar-refractivity contribution in [1.29, 1.82) is 0 Å². The number of amides is 7. The third-order valence-corrected chi connectivity index (χ3v) is 11.3. The van der Waals surface area contributed by atoms with Gasteiger partial charge >= 0.3 is 0 Å². The van der Waals surface area contributed by atoms with Gasteiger partial charge in [0.15, 0.2) is 11.8 Å². The van der Waals surface area contributed by atoms with Gasteiger partial charge in [-0.3, -0.25) is 38.4 Å². The average Bonchev–Trinajstić information content (AvgIpc) is 3.82. The van der Waals surface area contributed by atoms with Crippen molar-refractivity contribution in [2.45, 2.75) is 94.5 Å². The molecule has 1 aromatic heterocycles. The van der Waals surface area contributed by atoms with Gasteiger partial charge < -0.3 is 62.3 Å². The molecule has 1 aromatic carbocycles. The molecule has 1 saturated heterocycles. The van der Waals surface area contributed by atoms with Gasteiger partial charge in [-0.25, -0.2) is 0 Å². The van der Waals surface area contributed by atoms with Gasteiger partial charge in [0.2, 0.25) is 35.4 Å². The minimum atomic E-state index is -1.84. The van der Waals surface area contributed by atoms with Crippen molar-refractivity contribution in [2.24, 2.45) is 23.5 Å². The summed E-state index contributed by atoms with van der Waals surface area (Å²) in [6, 6.07) is 5.00. The maximum atomic E-state index is 13.5. The smallest absolute Gasteiger partial charge is 0.255 e. The van der Waals surface area contributed by atoms with Gasteiger partial charge in [0, 0.05) is 42.8 Å². The Balaban J connectivity index is 1.59. The van der Waals surface area contributed by atoms with Gasteiger partial charge in [0.05, 0.1) is 54.1 Å². The van der Waals surface area contributed by atoms with Crippen LogP contribution < -0.4 is 32.3 Å². The number of thioether (sulfide) groups is 1. The maximum absolute atomic E-state index is 13.5. The second-order valence-corrected chi connectivity index (χ2v) is 16.3. The van der Waals surface area contributed by atoms with Crippen molar-refractivity contribution >= 4 is 75.6 Å². The van der Waals surface area contributed by atoms with E-state index in [1.807, 2.05) is 37.3 Å². The van der Waals surface area contributed by atoms with Crippen molar-refractivity contribution in [2.75, 3.05) is 32.8 Å². The molecule has 1 aliphatic rings. The fraction of sp³-hybridized carbons (Fsp3) is 0.564. The topological polar surface area (TPSA) is 320 Å². The van der Waals surface area contributed by atoms with E-state index in [1.54, 1.807) is 13.8 Å². The number of ketones is 2. The fourth-order valence-corrected chi connectivity index (χ4v) is 7.25. The van der Waals surface area contributed by atoms with E-state index in [9.17, 15) is 58.5 Å². The predicted octanol–water partition coefficient (Wildman–Crippen LogP) is -2.39. The zero-order valence-corrected chi connectivity index (χ0v) is 35.0. The van der Waals surface area contributed by atoms with E-state index in [1.165, 1.54) is 13.8 Å². The molecule has 1 fully saturated rings. The lowest BCUT2D eigenvalue weighted by Crippen LogP contribution is -2.57. The monoisotopic (exact) mass is 860 g/mol. The molecule has 0 aliphatic carbocycles. The molecule has 2 heterocycles. The number of primary amides is 1. The molecule has 7 amide bonds. The van der Waals surface area contributed by atoms with E-state index < -0.39 is 122 Å². The summed E-state index contributed by atoms with van der Waals surface area (Å²) in [5.41, 5.74) is 6.34. The lowest BCUT2D eigenvalue weighted by Gasteiger charge is -2.28. The first kappa shape index (κ1) is 49.0. The zero-order valence-electron chi connectivity index (χ0n) is 34.2. The number of H-pyrrole nitrogens is 1. The summed E-state index contributed by atoms with van der Waals surface area (Å²) < 4.78 is 0. The van der Waals surface area contributed by atoms with Gasteiger partial charge in [-0.1, -0.05) is 57.2 Å². The van der Waals surface area contributed by atoms with Crippen LogP contribution in [-0.2, 0) is 43.2 Å². The van der Waals surface area contributed by atoms with Crippen LogP contribution in [0, 0.1) is 17.8 Å². The lowest BCUT2D eigenvalue weighted by molar-refractivity contribution is -0.141. The minimum absolute atomic E-state index is 0.0263. The molecule has 330 valence electrons. The molecule has 20 nitrogen and oxygen atoms in total. The van der Waals surface area contributed by atoms with Crippen LogP contribution in [0.4, 0.5) is 0 Å². The second-order valence-electron chi connectivity index (χ2n) is 14.9. The Bertz CT molecular complexity index is 1880. The molecular formula is C39H56N8O12S. The summed E-state index contributed by atoms with van der Waals surface area (Å²) in [4.78, 5) is 119. The quantitative estimate of drug-likeness (QED) is 0.0413. The first-order valence-electron chi connectivity index (χ1n) is 19.5. The largest absolute Gasteiger partial charge is 0.394 e. The Morgan fingerprint density at radius 1 is 0.900 bits per heavy atom. The number of nitrogens with zero attached hydrogens (tertiary/aromatic N) is 1. The Morgan fingerprint density at radius 3 is 2.18 bits per heavy atom. The number of carbonyl (C=O) groups excluding carboxylic acids is 9. The van der Waals surface area contributed by atoms with Crippen molar-refractivity contribution in [3.8, 4) is 0 Å². The van der Waals surface area contributed by atoms with Crippen LogP contribution in [0.3, 0.4) is 0 Å². The van der Waals surface area contributed by atoms with Crippen molar-refractivity contribution < 1.29 is 58.5 Å². The van der Waals surface area contributed by atoms with Gasteiger partial charge in [0.1, 0.15) is 11.8 Å². The number of β-amino-alcohol motifs (C(OH)–C–C–N with tert-alkyl or cyclic N) is 1. The normalized spacial score (nSPS) is 18.5. The van der Waals surface area contributed by atoms with Crippen LogP contribution in [0.1, 0.15) is 53.9 Å². The molecular weight excluding hydrogens is 805 g/mol. The first-order chi connectivity index (χ1) is 28.3. The van der Waals surface area contributed by atoms with E-state index in [0.29, 0.717) is 11.4 Å². The number of aliphatic hydroxyl groups is 3. The number of carbonyl (C=O) groups is 9. The number of likely N-dealkylation sites (tertiary alicyclic amines) is 1. The van der Waals surface area contributed by atoms with E-state index in [-0.39, 0.29) is 30.3 Å². The van der Waals surface area contributed by atoms with Crippen molar-refractivity contribution in [3.63, 3.8) is 0 Å². The lowest BCUT2D eigenvalue weighted by atomic mass is 9.92. The maximum Gasteiger partial charge on any atom is 0.255 e. The van der Waals surface area contributed by atoms with Crippen LogP contribution in [0.5, 0.6) is 0 Å². The molecule has 2 aromatic rings. The Labute approximate surface area is 350 Å². The molecule has 0 radical (unpaired) electrons. The molecule has 0 bridgehead atoms. The number of aliphatic hydroxyl groups excluding tert-OH is 3. The van der Waals surface area contributed by atoms with Crippen LogP contribution in [0.2, 0.25) is 0 Å². The molecule has 0 saturated carbocycles. The molecule has 60 heavy (non-hydrogen) atoms. The van der Waals surface area contributed by atoms with E-state index in [2.05, 4.69) is 31.6 Å². The standard InChI is InChI=1S/C39H56N8O12S/c1-6-19(2)32(26(50)12-11-20(3)49)44-30(54)15-41-29(53)14-42-38(58)33(21(4)28(52)18-48)45-37(57)24-16-47(17-27(24)51)39(59)34(35(40)55)46-36(56)22(5)60-31-13-23-9-7-8-10-25(23)43-31/h7-10,13,19,21-22,24,27-28,32-34,43,48,51-52H,6,11-12,14-18H2,1-5H3,(H2,40,55)(H,41,53)(H,42,58)(H,44,54)(H,45,57)(H,46,56)/t19-,21-,22-,24+,27-,28-,32-,33-,34+/m0/s1. The van der Waals surface area contributed by atoms with Crippen LogP contribution >= 0.6 is 11.8 Å². The van der Waals surface area contributed by atoms with Gasteiger partial charge in [0.25, 0.3) is 5.91 Å². The molecule has 0 unspecified atom stereocenters. The van der Waals surface area contributed by atoms with E-state index >= 15 is 0 Å². The number of hydrogen-bond acceptors (Lipinski definition) is 13. The molecule has 1 aliphatic heterocycles. The highest BCUT2D eigenvalue weighted by Crippen LogP contribution is 2.27. The van der Waals surface area contributed by atoms with E-state index in [4.69, 9.17) is 5.73 Å². The summed E-state index contributed by atoms with van der Waals surface area (Å²) in [7, 11) is 0. The summed E-state index contributed by atoms with van der Waals surface area (Å²) in [5.74, 6) is -9.58. The Kier molecular flexibility index (Phi) is 18.6. The Morgan fingerprint density at radius 2 is 1.57 bits per heavy atom. The summed E-state index contributed by atoms with van der Waals surface area (Å²) >= 11 is 1.15. The first-order valence-corrected chi connectivity index (χ1v) is 20.4. The molecule has 9 atom stereocenters. The highest BCUT2D eigenvalue weighted by molar-refractivity contribution is 8.00. The number of Topliss-reactive ketones (excluding diaryl/α,β-unsaturated/α-hetero) is 2. The highest BCUT2D eigenvalue weighted by Gasteiger charge is 2.44. The molecule has 0 spiro atoms. The number of nitrogens with one attached hydrogen (secondary N) is 6. The average molecular weight is 861 g/mol. The molecule has 11 N–H and O–H groups in total. The number of fused-ring (bicyclic) bond motifs is 1. The summed E-state index contributed by atoms with van der Waals surface area (Å²) in [5, 5.41) is 43.5. The number of hydrogen-bond donors (Lipinski definition) is 10. The third-order valence-electron chi connectivity index (χ3n) is 10.3. The molecule has 3 rings (SSSR count). The van der Waals surface area contributed by atoms with Crippen LogP contribution in [-0.4, -0.2) is 146 Å². The predicted molar refractivity (Wildman–Crippen MR) is 217 cm³/mol.